The molecule has 0 aliphatic heterocycles. The molecule has 0 aliphatic carbocycles. The van der Waals surface area contributed by atoms with E-state index in [2.05, 4.69) is 12.1 Å². The largest absolute Gasteiger partial charge is 0.320 e. The number of aryl methyl sites for hydroxylation is 2. The molecule has 0 spiro atoms. The molecule has 0 aromatic heterocycles. The van der Waals surface area contributed by atoms with Gasteiger partial charge >= 0.3 is 0 Å². The summed E-state index contributed by atoms with van der Waals surface area (Å²) in [6.45, 7) is 4.05. The van der Waals surface area contributed by atoms with Crippen molar-refractivity contribution in [3.63, 3.8) is 0 Å². The van der Waals surface area contributed by atoms with E-state index in [1.54, 1.807) is 6.07 Å². The van der Waals surface area contributed by atoms with Crippen LogP contribution in [0, 0.1) is 19.7 Å². The summed E-state index contributed by atoms with van der Waals surface area (Å²) in [4.78, 5) is 0. The first-order chi connectivity index (χ1) is 8.08. The lowest BCUT2D eigenvalue weighted by Crippen LogP contribution is -2.13. The topological polar surface area (TPSA) is 26.0 Å². The van der Waals surface area contributed by atoms with Crippen LogP contribution in [-0.4, -0.2) is 0 Å². The van der Waals surface area contributed by atoms with Gasteiger partial charge in [-0.05, 0) is 42.7 Å². The molecule has 2 heteroatoms. The van der Waals surface area contributed by atoms with Gasteiger partial charge in [-0.2, -0.15) is 0 Å². The van der Waals surface area contributed by atoms with E-state index in [0.29, 0.717) is 0 Å². The van der Waals surface area contributed by atoms with Crippen LogP contribution in [0.4, 0.5) is 4.39 Å². The molecular weight excluding hydrogens is 213 g/mol. The van der Waals surface area contributed by atoms with Crippen molar-refractivity contribution in [3.05, 3.63) is 70.5 Å². The van der Waals surface area contributed by atoms with Gasteiger partial charge in [0.05, 0.1) is 6.04 Å². The molecule has 2 rings (SSSR count). The van der Waals surface area contributed by atoms with Gasteiger partial charge in [-0.15, -0.1) is 0 Å². The molecule has 0 heterocycles. The van der Waals surface area contributed by atoms with E-state index in [-0.39, 0.29) is 11.9 Å². The van der Waals surface area contributed by atoms with Crippen LogP contribution in [-0.2, 0) is 0 Å². The molecule has 88 valence electrons. The number of hydrogen-bond donors (Lipinski definition) is 1. The predicted molar refractivity (Wildman–Crippen MR) is 68.3 cm³/mol. The van der Waals surface area contributed by atoms with Crippen molar-refractivity contribution in [3.8, 4) is 0 Å². The normalized spacial score (nSPS) is 12.5. The molecule has 2 aromatic rings. The number of benzene rings is 2. The fraction of sp³-hybridized carbons (Fsp3) is 0.200. The van der Waals surface area contributed by atoms with Crippen molar-refractivity contribution < 1.29 is 4.39 Å². The second-order valence-electron chi connectivity index (χ2n) is 4.39. The number of nitrogens with two attached hydrogens (primary N) is 1. The van der Waals surface area contributed by atoms with Gasteiger partial charge in [0.25, 0.3) is 0 Å². The first-order valence-electron chi connectivity index (χ1n) is 5.66. The molecule has 0 saturated carbocycles. The third-order valence-corrected chi connectivity index (χ3v) is 2.98. The van der Waals surface area contributed by atoms with Gasteiger partial charge in [-0.25, -0.2) is 4.39 Å². The van der Waals surface area contributed by atoms with E-state index in [4.69, 9.17) is 5.73 Å². The zero-order valence-electron chi connectivity index (χ0n) is 10.1. The highest BCUT2D eigenvalue weighted by Gasteiger charge is 2.12. The van der Waals surface area contributed by atoms with Crippen LogP contribution in [0.3, 0.4) is 0 Å². The summed E-state index contributed by atoms with van der Waals surface area (Å²) in [6.07, 6.45) is 0. The first-order valence-corrected chi connectivity index (χ1v) is 5.66. The minimum atomic E-state index is -0.273. The van der Waals surface area contributed by atoms with Crippen molar-refractivity contribution >= 4 is 0 Å². The van der Waals surface area contributed by atoms with Crippen molar-refractivity contribution in [2.75, 3.05) is 0 Å². The van der Waals surface area contributed by atoms with Gasteiger partial charge in [0.2, 0.25) is 0 Å². The van der Waals surface area contributed by atoms with Crippen LogP contribution in [0.5, 0.6) is 0 Å². The smallest absolute Gasteiger partial charge is 0.123 e. The Morgan fingerprint density at radius 1 is 1.06 bits per heavy atom. The van der Waals surface area contributed by atoms with Gasteiger partial charge in [-0.1, -0.05) is 35.9 Å². The Balaban J connectivity index is 2.43. The molecule has 1 nitrogen and oxygen atoms in total. The van der Waals surface area contributed by atoms with E-state index in [0.717, 1.165) is 22.3 Å². The van der Waals surface area contributed by atoms with Crippen molar-refractivity contribution in [1.82, 2.24) is 0 Å². The third-order valence-electron chi connectivity index (χ3n) is 2.98. The monoisotopic (exact) mass is 229 g/mol. The van der Waals surface area contributed by atoms with Crippen LogP contribution in [0.15, 0.2) is 42.5 Å². The molecule has 0 amide bonds. The molecule has 1 unspecified atom stereocenters. The summed E-state index contributed by atoms with van der Waals surface area (Å²) >= 11 is 0. The molecule has 0 bridgehead atoms. The molecule has 2 aromatic carbocycles. The average molecular weight is 229 g/mol. The molecule has 2 N–H and O–H groups in total. The van der Waals surface area contributed by atoms with Crippen molar-refractivity contribution in [1.29, 1.82) is 0 Å². The highest BCUT2D eigenvalue weighted by atomic mass is 19.1. The summed E-state index contributed by atoms with van der Waals surface area (Å²) in [5, 5.41) is 0. The highest BCUT2D eigenvalue weighted by molar-refractivity contribution is 5.38. The fourth-order valence-electron chi connectivity index (χ4n) is 1.97. The van der Waals surface area contributed by atoms with Crippen molar-refractivity contribution in [2.45, 2.75) is 19.9 Å². The Morgan fingerprint density at radius 2 is 1.82 bits per heavy atom. The molecule has 0 fully saturated rings. The minimum Gasteiger partial charge on any atom is -0.320 e. The maximum absolute atomic E-state index is 13.2. The van der Waals surface area contributed by atoms with E-state index < -0.39 is 0 Å². The molecule has 0 radical (unpaired) electrons. The summed E-state index contributed by atoms with van der Waals surface area (Å²) in [5.41, 5.74) is 10.3. The SMILES string of the molecule is Cc1ccc(C)c(C(N)c2cccc(F)c2)c1. The maximum Gasteiger partial charge on any atom is 0.123 e. The van der Waals surface area contributed by atoms with E-state index in [1.165, 1.54) is 12.1 Å². The average Bonchev–Trinajstić information content (AvgIpc) is 2.31. The van der Waals surface area contributed by atoms with Gasteiger partial charge in [0.15, 0.2) is 0 Å². The predicted octanol–water partition coefficient (Wildman–Crippen LogP) is 3.49. The lowest BCUT2D eigenvalue weighted by atomic mass is 9.94. The highest BCUT2D eigenvalue weighted by Crippen LogP contribution is 2.24. The Bertz CT molecular complexity index is 534. The zero-order valence-corrected chi connectivity index (χ0v) is 10.1. The third kappa shape index (κ3) is 2.53. The molecule has 0 saturated heterocycles. The Kier molecular flexibility index (Phi) is 3.25. The van der Waals surface area contributed by atoms with E-state index >= 15 is 0 Å². The molecule has 1 atom stereocenters. The summed E-state index contributed by atoms with van der Waals surface area (Å²) in [6, 6.07) is 12.4. The van der Waals surface area contributed by atoms with Gasteiger partial charge in [-0.3, -0.25) is 0 Å². The summed E-state index contributed by atoms with van der Waals surface area (Å²) in [7, 11) is 0. The van der Waals surface area contributed by atoms with Crippen LogP contribution in [0.1, 0.15) is 28.3 Å². The zero-order chi connectivity index (χ0) is 12.4. The van der Waals surface area contributed by atoms with Crippen LogP contribution in [0.25, 0.3) is 0 Å². The standard InChI is InChI=1S/C15H16FN/c1-10-6-7-11(2)14(8-10)15(17)12-4-3-5-13(16)9-12/h3-9,15H,17H2,1-2H3. The lowest BCUT2D eigenvalue weighted by molar-refractivity contribution is 0.623. The van der Waals surface area contributed by atoms with E-state index in [9.17, 15) is 4.39 Å². The summed E-state index contributed by atoms with van der Waals surface area (Å²) < 4.78 is 13.2. The fourth-order valence-corrected chi connectivity index (χ4v) is 1.97. The molecule has 17 heavy (non-hydrogen) atoms. The Hall–Kier alpha value is -1.67. The lowest BCUT2D eigenvalue weighted by Gasteiger charge is -2.16. The van der Waals surface area contributed by atoms with Crippen LogP contribution < -0.4 is 5.73 Å². The summed E-state index contributed by atoms with van der Waals surface area (Å²) in [5.74, 6) is -0.247. The quantitative estimate of drug-likeness (QED) is 0.838. The number of halogens is 1. The molecule has 0 aliphatic rings. The number of rotatable bonds is 2. The molecular formula is C15H16FN. The van der Waals surface area contributed by atoms with Gasteiger partial charge < -0.3 is 5.73 Å². The van der Waals surface area contributed by atoms with Crippen LogP contribution >= 0.6 is 0 Å². The van der Waals surface area contributed by atoms with Gasteiger partial charge in [0.1, 0.15) is 5.82 Å². The second kappa shape index (κ2) is 4.68. The van der Waals surface area contributed by atoms with Gasteiger partial charge in [0, 0.05) is 0 Å². The van der Waals surface area contributed by atoms with Crippen molar-refractivity contribution in [2.24, 2.45) is 5.73 Å². The number of hydrogen-bond acceptors (Lipinski definition) is 1. The second-order valence-corrected chi connectivity index (χ2v) is 4.39. The van der Waals surface area contributed by atoms with Crippen LogP contribution in [0.2, 0.25) is 0 Å². The minimum absolute atomic E-state index is 0.247. The maximum atomic E-state index is 13.2. The Labute approximate surface area is 101 Å². The first kappa shape index (κ1) is 11.8. The van der Waals surface area contributed by atoms with E-state index in [1.807, 2.05) is 26.0 Å². The Morgan fingerprint density at radius 3 is 2.53 bits per heavy atom.